The smallest absolute Gasteiger partial charge is 0.226 e. The van der Waals surface area contributed by atoms with Gasteiger partial charge in [0.1, 0.15) is 24.3 Å². The maximum atomic E-state index is 5.93. The summed E-state index contributed by atoms with van der Waals surface area (Å²) in [6.07, 6.45) is 1.65. The van der Waals surface area contributed by atoms with E-state index >= 15 is 0 Å². The van der Waals surface area contributed by atoms with Crippen LogP contribution < -0.4 is 4.74 Å². The van der Waals surface area contributed by atoms with Gasteiger partial charge in [0.2, 0.25) is 5.89 Å². The van der Waals surface area contributed by atoms with E-state index in [0.29, 0.717) is 12.5 Å². The number of oxazole rings is 1. The van der Waals surface area contributed by atoms with E-state index in [4.69, 9.17) is 9.15 Å². The van der Waals surface area contributed by atoms with Crippen molar-refractivity contribution in [1.29, 1.82) is 0 Å². The molecule has 0 bridgehead atoms. The Morgan fingerprint density at radius 3 is 2.52 bits per heavy atom. The van der Waals surface area contributed by atoms with E-state index in [1.165, 1.54) is 0 Å². The molecule has 0 spiro atoms. The Balaban J connectivity index is 1.54. The van der Waals surface area contributed by atoms with Gasteiger partial charge < -0.3 is 9.15 Å². The van der Waals surface area contributed by atoms with Gasteiger partial charge in [-0.3, -0.25) is 0 Å². The monoisotopic (exact) mass is 301 g/mol. The van der Waals surface area contributed by atoms with Crippen LogP contribution >= 0.6 is 0 Å². The zero-order chi connectivity index (χ0) is 15.5. The first kappa shape index (κ1) is 13.6. The number of nitrogens with zero attached hydrogens (tertiary/aromatic N) is 1. The lowest BCUT2D eigenvalue weighted by atomic mass is 10.1. The summed E-state index contributed by atoms with van der Waals surface area (Å²) in [6, 6.07) is 24.1. The van der Waals surface area contributed by atoms with Crippen molar-refractivity contribution in [3.05, 3.63) is 84.8 Å². The molecule has 4 rings (SSSR count). The van der Waals surface area contributed by atoms with Gasteiger partial charge in [-0.05, 0) is 23.6 Å². The number of aromatic nitrogens is 1. The summed E-state index contributed by atoms with van der Waals surface area (Å²) < 4.78 is 11.5. The minimum atomic E-state index is 0.379. The van der Waals surface area contributed by atoms with Crippen molar-refractivity contribution in [2.75, 3.05) is 0 Å². The number of ether oxygens (including phenoxy) is 1. The maximum Gasteiger partial charge on any atom is 0.226 e. The van der Waals surface area contributed by atoms with E-state index in [1.54, 1.807) is 6.26 Å². The van der Waals surface area contributed by atoms with Crippen molar-refractivity contribution >= 4 is 10.8 Å². The molecule has 0 radical (unpaired) electrons. The lowest BCUT2D eigenvalue weighted by Crippen LogP contribution is -1.96. The van der Waals surface area contributed by atoms with Gasteiger partial charge in [0.05, 0.1) is 0 Å². The minimum Gasteiger partial charge on any atom is -0.487 e. The zero-order valence-electron chi connectivity index (χ0n) is 12.5. The molecule has 0 amide bonds. The molecule has 1 heterocycles. The fourth-order valence-electron chi connectivity index (χ4n) is 2.56. The predicted octanol–water partition coefficient (Wildman–Crippen LogP) is 5.07. The number of hydrogen-bond acceptors (Lipinski definition) is 3. The number of rotatable bonds is 4. The molecule has 0 aliphatic rings. The summed E-state index contributed by atoms with van der Waals surface area (Å²) >= 11 is 0. The van der Waals surface area contributed by atoms with Gasteiger partial charge in [-0.2, -0.15) is 0 Å². The highest BCUT2D eigenvalue weighted by molar-refractivity contribution is 5.88. The second-order valence-corrected chi connectivity index (χ2v) is 5.28. The van der Waals surface area contributed by atoms with Gasteiger partial charge in [0.15, 0.2) is 0 Å². The van der Waals surface area contributed by atoms with Gasteiger partial charge in [-0.1, -0.05) is 54.6 Å². The lowest BCUT2D eigenvalue weighted by molar-refractivity contribution is 0.304. The summed E-state index contributed by atoms with van der Waals surface area (Å²) in [7, 11) is 0. The summed E-state index contributed by atoms with van der Waals surface area (Å²) in [4.78, 5) is 4.48. The first-order valence-corrected chi connectivity index (χ1v) is 7.50. The van der Waals surface area contributed by atoms with Crippen LogP contribution in [0.4, 0.5) is 0 Å². The first-order valence-electron chi connectivity index (χ1n) is 7.50. The van der Waals surface area contributed by atoms with E-state index < -0.39 is 0 Å². The van der Waals surface area contributed by atoms with Gasteiger partial charge >= 0.3 is 0 Å². The third kappa shape index (κ3) is 2.81. The zero-order valence-corrected chi connectivity index (χ0v) is 12.5. The van der Waals surface area contributed by atoms with Crippen molar-refractivity contribution in [2.45, 2.75) is 6.61 Å². The maximum absolute atomic E-state index is 5.93. The SMILES string of the molecule is c1ccc(-c2nc(COc3cccc4ccccc34)co2)cc1. The molecule has 0 saturated carbocycles. The number of hydrogen-bond donors (Lipinski definition) is 0. The Kier molecular flexibility index (Phi) is 3.53. The topological polar surface area (TPSA) is 35.3 Å². The summed E-state index contributed by atoms with van der Waals surface area (Å²) in [5, 5.41) is 2.26. The van der Waals surface area contributed by atoms with Crippen molar-refractivity contribution in [3.8, 4) is 17.2 Å². The normalized spacial score (nSPS) is 10.8. The molecule has 3 heteroatoms. The van der Waals surface area contributed by atoms with Crippen LogP contribution in [-0.4, -0.2) is 4.98 Å². The third-order valence-electron chi connectivity index (χ3n) is 3.70. The first-order chi connectivity index (χ1) is 11.4. The van der Waals surface area contributed by atoms with Gasteiger partial charge in [0.25, 0.3) is 0 Å². The number of fused-ring (bicyclic) bond motifs is 1. The highest BCUT2D eigenvalue weighted by Crippen LogP contribution is 2.26. The average Bonchev–Trinajstić information content (AvgIpc) is 3.10. The largest absolute Gasteiger partial charge is 0.487 e. The Bertz CT molecular complexity index is 923. The standard InChI is InChI=1S/C20H15NO2/c1-2-8-16(9-3-1)20-21-17(14-23-20)13-22-19-12-6-10-15-7-4-5-11-18(15)19/h1-12,14H,13H2. The van der Waals surface area contributed by atoms with Crippen molar-refractivity contribution in [3.63, 3.8) is 0 Å². The predicted molar refractivity (Wildman–Crippen MR) is 90.2 cm³/mol. The van der Waals surface area contributed by atoms with Crippen molar-refractivity contribution in [1.82, 2.24) is 4.98 Å². The molecule has 3 aromatic carbocycles. The fraction of sp³-hybridized carbons (Fsp3) is 0.0500. The Hall–Kier alpha value is -3.07. The molecule has 3 nitrogen and oxygen atoms in total. The van der Waals surface area contributed by atoms with Crippen LogP contribution in [0.1, 0.15) is 5.69 Å². The highest BCUT2D eigenvalue weighted by Gasteiger charge is 2.08. The molecule has 0 aliphatic carbocycles. The fourth-order valence-corrected chi connectivity index (χ4v) is 2.56. The van der Waals surface area contributed by atoms with E-state index in [1.807, 2.05) is 54.6 Å². The molecule has 0 saturated heterocycles. The molecule has 1 aromatic heterocycles. The molecule has 23 heavy (non-hydrogen) atoms. The minimum absolute atomic E-state index is 0.379. The van der Waals surface area contributed by atoms with E-state index in [0.717, 1.165) is 27.8 Å². The van der Waals surface area contributed by atoms with Gasteiger partial charge in [-0.15, -0.1) is 0 Å². The molecule has 0 N–H and O–H groups in total. The number of benzene rings is 3. The Morgan fingerprint density at radius 1 is 0.826 bits per heavy atom. The van der Waals surface area contributed by atoms with Crippen LogP contribution in [-0.2, 0) is 6.61 Å². The van der Waals surface area contributed by atoms with E-state index in [-0.39, 0.29) is 0 Å². The molecular weight excluding hydrogens is 286 g/mol. The van der Waals surface area contributed by atoms with Gasteiger partial charge in [0, 0.05) is 10.9 Å². The highest BCUT2D eigenvalue weighted by atomic mass is 16.5. The van der Waals surface area contributed by atoms with Crippen LogP contribution in [0, 0.1) is 0 Å². The molecule has 112 valence electrons. The van der Waals surface area contributed by atoms with Gasteiger partial charge in [-0.25, -0.2) is 4.98 Å². The molecule has 0 atom stereocenters. The Labute approximate surface area is 134 Å². The van der Waals surface area contributed by atoms with Crippen LogP contribution in [0.5, 0.6) is 5.75 Å². The van der Waals surface area contributed by atoms with E-state index in [9.17, 15) is 0 Å². The van der Waals surface area contributed by atoms with Crippen LogP contribution in [0.2, 0.25) is 0 Å². The quantitative estimate of drug-likeness (QED) is 0.527. The van der Waals surface area contributed by atoms with Crippen molar-refractivity contribution in [2.24, 2.45) is 0 Å². The summed E-state index contributed by atoms with van der Waals surface area (Å²) in [5.74, 6) is 1.47. The molecular formula is C20H15NO2. The molecule has 0 unspecified atom stereocenters. The Morgan fingerprint density at radius 2 is 1.61 bits per heavy atom. The summed E-state index contributed by atoms with van der Waals surface area (Å²) in [6.45, 7) is 0.379. The molecule has 0 fully saturated rings. The second-order valence-electron chi connectivity index (χ2n) is 5.28. The second kappa shape index (κ2) is 5.97. The lowest BCUT2D eigenvalue weighted by Gasteiger charge is -2.07. The van der Waals surface area contributed by atoms with Crippen LogP contribution in [0.3, 0.4) is 0 Å². The van der Waals surface area contributed by atoms with E-state index in [2.05, 4.69) is 23.2 Å². The van der Waals surface area contributed by atoms with Crippen molar-refractivity contribution < 1.29 is 9.15 Å². The molecule has 4 aromatic rings. The van der Waals surface area contributed by atoms with Crippen LogP contribution in [0.15, 0.2) is 83.5 Å². The van der Waals surface area contributed by atoms with Crippen LogP contribution in [0.25, 0.3) is 22.2 Å². The molecule has 0 aliphatic heterocycles. The summed E-state index contributed by atoms with van der Waals surface area (Å²) in [5.41, 5.74) is 1.74. The average molecular weight is 301 g/mol. The third-order valence-corrected chi connectivity index (χ3v) is 3.70.